The Morgan fingerprint density at radius 2 is 1.86 bits per heavy atom. The molecule has 0 saturated carbocycles. The van der Waals surface area contributed by atoms with Gasteiger partial charge < -0.3 is 0 Å². The van der Waals surface area contributed by atoms with E-state index in [9.17, 15) is 0 Å². The maximum atomic E-state index is 7.56. The molecule has 1 aromatic rings. The second-order valence-electron chi connectivity index (χ2n) is 4.74. The SMILES string of the molecule is C[Si](C)(C)Cc1ccccc1C(=N)S. The molecule has 0 aliphatic rings. The Hall–Kier alpha value is -0.543. The van der Waals surface area contributed by atoms with Gasteiger partial charge in [0.1, 0.15) is 0 Å². The van der Waals surface area contributed by atoms with Crippen LogP contribution in [0.2, 0.25) is 19.6 Å². The van der Waals surface area contributed by atoms with Crippen LogP contribution in [0.25, 0.3) is 0 Å². The Balaban J connectivity index is 3.02. The molecule has 0 radical (unpaired) electrons. The number of hydrogen-bond donors (Lipinski definition) is 2. The summed E-state index contributed by atoms with van der Waals surface area (Å²) >= 11 is 4.11. The van der Waals surface area contributed by atoms with E-state index in [0.29, 0.717) is 5.04 Å². The van der Waals surface area contributed by atoms with Crippen LogP contribution in [0.4, 0.5) is 0 Å². The first-order valence-corrected chi connectivity index (χ1v) is 8.91. The van der Waals surface area contributed by atoms with E-state index in [1.807, 2.05) is 18.2 Å². The minimum Gasteiger partial charge on any atom is -0.294 e. The van der Waals surface area contributed by atoms with Crippen LogP contribution in [0, 0.1) is 5.41 Å². The average Bonchev–Trinajstić information content (AvgIpc) is 2.01. The largest absolute Gasteiger partial charge is 0.294 e. The number of hydrogen-bond acceptors (Lipinski definition) is 1. The number of rotatable bonds is 3. The molecule has 0 aromatic heterocycles. The van der Waals surface area contributed by atoms with Crippen LogP contribution in [0.3, 0.4) is 0 Å². The molecule has 1 N–H and O–H groups in total. The summed E-state index contributed by atoms with van der Waals surface area (Å²) in [6.07, 6.45) is 0. The second kappa shape index (κ2) is 4.32. The predicted molar refractivity (Wildman–Crippen MR) is 69.3 cm³/mol. The first kappa shape index (κ1) is 11.5. The summed E-state index contributed by atoms with van der Waals surface area (Å²) in [7, 11) is -1.11. The fourth-order valence-corrected chi connectivity index (χ4v) is 3.15. The molecule has 3 heteroatoms. The van der Waals surface area contributed by atoms with Crippen LogP contribution in [-0.2, 0) is 6.04 Å². The Morgan fingerprint density at radius 1 is 1.29 bits per heavy atom. The summed E-state index contributed by atoms with van der Waals surface area (Å²) in [5, 5.41) is 7.94. The third-order valence-electron chi connectivity index (χ3n) is 1.99. The summed E-state index contributed by atoms with van der Waals surface area (Å²) in [6, 6.07) is 9.21. The van der Waals surface area contributed by atoms with Gasteiger partial charge >= 0.3 is 0 Å². The highest BCUT2D eigenvalue weighted by molar-refractivity contribution is 7.97. The van der Waals surface area contributed by atoms with E-state index in [0.717, 1.165) is 11.6 Å². The van der Waals surface area contributed by atoms with Crippen LogP contribution < -0.4 is 0 Å². The highest BCUT2D eigenvalue weighted by Crippen LogP contribution is 2.17. The Bertz CT molecular complexity index is 341. The fourth-order valence-electron chi connectivity index (χ4n) is 1.48. The molecule has 0 aliphatic heterocycles. The van der Waals surface area contributed by atoms with Crippen molar-refractivity contribution in [2.45, 2.75) is 25.7 Å². The van der Waals surface area contributed by atoms with E-state index in [1.54, 1.807) is 0 Å². The van der Waals surface area contributed by atoms with E-state index in [-0.39, 0.29) is 0 Å². The lowest BCUT2D eigenvalue weighted by Crippen LogP contribution is -2.24. The van der Waals surface area contributed by atoms with Crippen molar-refractivity contribution in [3.05, 3.63) is 35.4 Å². The molecule has 0 heterocycles. The molecular formula is C11H17NSSi. The summed E-state index contributed by atoms with van der Waals surface area (Å²) in [6.45, 7) is 7.02. The van der Waals surface area contributed by atoms with Gasteiger partial charge in [-0.05, 0) is 11.6 Å². The van der Waals surface area contributed by atoms with Crippen LogP contribution in [-0.4, -0.2) is 13.1 Å². The molecule has 1 aromatic carbocycles. The molecule has 0 fully saturated rings. The highest BCUT2D eigenvalue weighted by Gasteiger charge is 2.16. The van der Waals surface area contributed by atoms with Gasteiger partial charge in [-0.25, -0.2) is 0 Å². The average molecular weight is 223 g/mol. The lowest BCUT2D eigenvalue weighted by atomic mass is 10.1. The van der Waals surface area contributed by atoms with Gasteiger partial charge in [0.2, 0.25) is 0 Å². The summed E-state index contributed by atoms with van der Waals surface area (Å²) in [5.41, 5.74) is 2.25. The van der Waals surface area contributed by atoms with Crippen molar-refractivity contribution < 1.29 is 0 Å². The zero-order chi connectivity index (χ0) is 10.8. The minimum atomic E-state index is -1.11. The minimum absolute atomic E-state index is 0.374. The van der Waals surface area contributed by atoms with Gasteiger partial charge in [0.25, 0.3) is 0 Å². The number of thiol groups is 1. The third-order valence-corrected chi connectivity index (χ3v) is 3.68. The molecule has 0 amide bonds. The number of nitrogens with one attached hydrogen (secondary N) is 1. The Labute approximate surface area is 92.5 Å². The molecule has 0 atom stereocenters. The topological polar surface area (TPSA) is 23.9 Å². The normalized spacial score (nSPS) is 11.4. The molecule has 0 bridgehead atoms. The molecule has 1 nitrogen and oxygen atoms in total. The Morgan fingerprint density at radius 3 is 2.36 bits per heavy atom. The lowest BCUT2D eigenvalue weighted by molar-refractivity contribution is 1.29. The zero-order valence-electron chi connectivity index (χ0n) is 8.96. The predicted octanol–water partition coefficient (Wildman–Crippen LogP) is 3.36. The zero-order valence-corrected chi connectivity index (χ0v) is 10.9. The molecule has 0 aliphatic carbocycles. The molecular weight excluding hydrogens is 206 g/mol. The molecule has 0 spiro atoms. The molecule has 14 heavy (non-hydrogen) atoms. The maximum absolute atomic E-state index is 7.56. The van der Waals surface area contributed by atoms with Gasteiger partial charge in [0, 0.05) is 13.6 Å². The quantitative estimate of drug-likeness (QED) is 0.340. The smallest absolute Gasteiger partial charge is 0.0914 e. The summed E-state index contributed by atoms with van der Waals surface area (Å²) < 4.78 is 0. The lowest BCUT2D eigenvalue weighted by Gasteiger charge is -2.17. The van der Waals surface area contributed by atoms with E-state index in [2.05, 4.69) is 38.3 Å². The van der Waals surface area contributed by atoms with E-state index in [4.69, 9.17) is 5.41 Å². The first-order chi connectivity index (χ1) is 6.40. The van der Waals surface area contributed by atoms with Crippen molar-refractivity contribution >= 4 is 25.7 Å². The van der Waals surface area contributed by atoms with Gasteiger partial charge in [0.15, 0.2) is 0 Å². The third kappa shape index (κ3) is 3.31. The number of benzene rings is 1. The standard InChI is InChI=1S/C11H17NSSi/c1-14(2,3)8-9-6-4-5-7-10(9)11(12)13/h4-7H,8H2,1-3H3,(H2,12,13). The van der Waals surface area contributed by atoms with Crippen LogP contribution in [0.15, 0.2) is 24.3 Å². The van der Waals surface area contributed by atoms with E-state index >= 15 is 0 Å². The van der Waals surface area contributed by atoms with Crippen molar-refractivity contribution in [3.63, 3.8) is 0 Å². The van der Waals surface area contributed by atoms with Crippen molar-refractivity contribution in [3.8, 4) is 0 Å². The van der Waals surface area contributed by atoms with Gasteiger partial charge in [-0.2, -0.15) is 0 Å². The van der Waals surface area contributed by atoms with Crippen molar-refractivity contribution in [1.82, 2.24) is 0 Å². The van der Waals surface area contributed by atoms with Crippen LogP contribution >= 0.6 is 12.6 Å². The van der Waals surface area contributed by atoms with Crippen LogP contribution in [0.5, 0.6) is 0 Å². The van der Waals surface area contributed by atoms with E-state index in [1.165, 1.54) is 5.56 Å². The van der Waals surface area contributed by atoms with Crippen molar-refractivity contribution in [2.24, 2.45) is 0 Å². The van der Waals surface area contributed by atoms with Gasteiger partial charge in [-0.3, -0.25) is 5.41 Å². The highest BCUT2D eigenvalue weighted by atomic mass is 32.1. The monoisotopic (exact) mass is 223 g/mol. The summed E-state index contributed by atoms with van der Waals surface area (Å²) in [4.78, 5) is 0. The summed E-state index contributed by atoms with van der Waals surface area (Å²) in [5.74, 6) is 0. The molecule has 76 valence electrons. The molecule has 0 saturated heterocycles. The molecule has 1 rings (SSSR count). The maximum Gasteiger partial charge on any atom is 0.0914 e. The van der Waals surface area contributed by atoms with Crippen molar-refractivity contribution in [1.29, 1.82) is 5.41 Å². The second-order valence-corrected chi connectivity index (χ2v) is 10.7. The van der Waals surface area contributed by atoms with Gasteiger partial charge in [-0.1, -0.05) is 43.9 Å². The molecule has 0 unspecified atom stereocenters. The first-order valence-electron chi connectivity index (χ1n) is 4.76. The van der Waals surface area contributed by atoms with Gasteiger partial charge in [-0.15, -0.1) is 12.6 Å². The van der Waals surface area contributed by atoms with Crippen molar-refractivity contribution in [2.75, 3.05) is 0 Å². The van der Waals surface area contributed by atoms with E-state index < -0.39 is 8.07 Å². The Kier molecular flexibility index (Phi) is 3.56. The van der Waals surface area contributed by atoms with Crippen LogP contribution in [0.1, 0.15) is 11.1 Å². The fraction of sp³-hybridized carbons (Fsp3) is 0.364. The van der Waals surface area contributed by atoms with Gasteiger partial charge in [0.05, 0.1) is 5.04 Å².